The third-order valence-corrected chi connectivity index (χ3v) is 2.22. The molecule has 0 aromatic carbocycles. The van der Waals surface area contributed by atoms with Crippen molar-refractivity contribution in [1.29, 1.82) is 0 Å². The van der Waals surface area contributed by atoms with Gasteiger partial charge in [0.15, 0.2) is 6.29 Å². The normalized spacial score (nSPS) is 11.2. The van der Waals surface area contributed by atoms with Gasteiger partial charge in [-0.2, -0.15) is 0 Å². The first-order valence-electron chi connectivity index (χ1n) is 5.68. The lowest BCUT2D eigenvalue weighted by Gasteiger charge is -2.17. The van der Waals surface area contributed by atoms with Crippen LogP contribution in [0.4, 0.5) is 0 Å². The summed E-state index contributed by atoms with van der Waals surface area (Å²) < 4.78 is 12.8. The molecular formula is C11H21N3O2. The molecule has 0 atom stereocenters. The number of imidazole rings is 1. The predicted octanol–water partition coefficient (Wildman–Crippen LogP) is 0.909. The molecule has 0 saturated heterocycles. The zero-order valence-corrected chi connectivity index (χ0v) is 10.3. The van der Waals surface area contributed by atoms with Crippen LogP contribution >= 0.6 is 0 Å². The molecule has 1 N–H and O–H groups in total. The average Bonchev–Trinajstić information content (AvgIpc) is 2.65. The summed E-state index contributed by atoms with van der Waals surface area (Å²) in [6, 6.07) is 0. The molecule has 0 aliphatic rings. The van der Waals surface area contributed by atoms with Crippen molar-refractivity contribution in [2.45, 2.75) is 26.7 Å². The molecule has 1 aromatic heterocycles. The first-order valence-corrected chi connectivity index (χ1v) is 5.68. The van der Waals surface area contributed by atoms with E-state index in [1.807, 2.05) is 31.7 Å². The van der Waals surface area contributed by atoms with Gasteiger partial charge in [0, 0.05) is 39.2 Å². The molecule has 1 aromatic rings. The molecule has 0 aliphatic carbocycles. The van der Waals surface area contributed by atoms with Gasteiger partial charge in [-0.1, -0.05) is 0 Å². The van der Waals surface area contributed by atoms with Gasteiger partial charge in [-0.3, -0.25) is 0 Å². The second-order valence-electron chi connectivity index (χ2n) is 3.43. The van der Waals surface area contributed by atoms with Crippen LogP contribution in [0.1, 0.15) is 19.7 Å². The Hall–Kier alpha value is -0.910. The van der Waals surface area contributed by atoms with Crippen LogP contribution in [0.15, 0.2) is 12.4 Å². The number of nitrogens with zero attached hydrogens (tertiary/aromatic N) is 2. The summed E-state index contributed by atoms with van der Waals surface area (Å²) in [5, 5.41) is 3.26. The maximum atomic E-state index is 5.42. The second-order valence-corrected chi connectivity index (χ2v) is 3.43. The van der Waals surface area contributed by atoms with Gasteiger partial charge >= 0.3 is 0 Å². The summed E-state index contributed by atoms with van der Waals surface area (Å²) >= 11 is 0. The standard InChI is InChI=1S/C11H21N3O2/c1-4-15-11(16-5-2)9-12-8-10-13-6-7-14(10)3/h6-7,11-12H,4-5,8-9H2,1-3H3. The van der Waals surface area contributed by atoms with Crippen LogP contribution in [-0.2, 0) is 23.1 Å². The van der Waals surface area contributed by atoms with Crippen LogP contribution in [0.3, 0.4) is 0 Å². The van der Waals surface area contributed by atoms with Gasteiger partial charge in [0.1, 0.15) is 5.82 Å². The minimum atomic E-state index is -0.171. The van der Waals surface area contributed by atoms with E-state index in [0.29, 0.717) is 19.8 Å². The van der Waals surface area contributed by atoms with Crippen LogP contribution in [0.5, 0.6) is 0 Å². The molecule has 0 bridgehead atoms. The van der Waals surface area contributed by atoms with Gasteiger partial charge in [-0.05, 0) is 13.8 Å². The summed E-state index contributed by atoms with van der Waals surface area (Å²) in [6.45, 7) is 6.65. The molecule has 0 fully saturated rings. The Morgan fingerprint density at radius 1 is 1.38 bits per heavy atom. The molecule has 0 unspecified atom stereocenters. The number of ether oxygens (including phenoxy) is 2. The number of nitrogens with one attached hydrogen (secondary N) is 1. The SMILES string of the molecule is CCOC(CNCc1nccn1C)OCC. The monoisotopic (exact) mass is 227 g/mol. The maximum absolute atomic E-state index is 5.42. The van der Waals surface area contributed by atoms with Gasteiger partial charge in [-0.25, -0.2) is 4.98 Å². The van der Waals surface area contributed by atoms with E-state index >= 15 is 0 Å². The lowest BCUT2D eigenvalue weighted by Crippen LogP contribution is -2.31. The van der Waals surface area contributed by atoms with Gasteiger partial charge in [0.2, 0.25) is 0 Å². The van der Waals surface area contributed by atoms with E-state index < -0.39 is 0 Å². The number of aryl methyl sites for hydroxylation is 1. The van der Waals surface area contributed by atoms with E-state index in [4.69, 9.17) is 9.47 Å². The van der Waals surface area contributed by atoms with Crippen molar-refractivity contribution in [2.24, 2.45) is 7.05 Å². The third kappa shape index (κ3) is 4.30. The molecule has 5 nitrogen and oxygen atoms in total. The van der Waals surface area contributed by atoms with Crippen LogP contribution < -0.4 is 5.32 Å². The van der Waals surface area contributed by atoms with Gasteiger partial charge in [0.05, 0.1) is 6.54 Å². The molecule has 1 rings (SSSR count). The summed E-state index contributed by atoms with van der Waals surface area (Å²) in [6.07, 6.45) is 3.55. The smallest absolute Gasteiger partial charge is 0.169 e. The minimum absolute atomic E-state index is 0.171. The highest BCUT2D eigenvalue weighted by Crippen LogP contribution is 1.96. The highest BCUT2D eigenvalue weighted by Gasteiger charge is 2.07. The Kier molecular flexibility index (Phi) is 6.07. The zero-order chi connectivity index (χ0) is 11.8. The van der Waals surface area contributed by atoms with Gasteiger partial charge in [-0.15, -0.1) is 0 Å². The van der Waals surface area contributed by atoms with Crippen molar-refractivity contribution in [3.05, 3.63) is 18.2 Å². The van der Waals surface area contributed by atoms with E-state index in [2.05, 4.69) is 10.3 Å². The summed E-state index contributed by atoms with van der Waals surface area (Å²) in [7, 11) is 1.98. The van der Waals surface area contributed by atoms with E-state index in [1.54, 1.807) is 6.20 Å². The van der Waals surface area contributed by atoms with Crippen molar-refractivity contribution in [1.82, 2.24) is 14.9 Å². The minimum Gasteiger partial charge on any atom is -0.352 e. The molecule has 92 valence electrons. The Balaban J connectivity index is 2.24. The van der Waals surface area contributed by atoms with Crippen LogP contribution in [-0.4, -0.2) is 35.6 Å². The molecule has 0 spiro atoms. The topological polar surface area (TPSA) is 48.3 Å². The van der Waals surface area contributed by atoms with E-state index in [1.165, 1.54) is 0 Å². The second kappa shape index (κ2) is 7.38. The number of hydrogen-bond acceptors (Lipinski definition) is 4. The average molecular weight is 227 g/mol. The Morgan fingerprint density at radius 3 is 2.56 bits per heavy atom. The molecule has 0 aliphatic heterocycles. The highest BCUT2D eigenvalue weighted by atomic mass is 16.7. The summed E-state index contributed by atoms with van der Waals surface area (Å²) in [4.78, 5) is 4.22. The van der Waals surface area contributed by atoms with Crippen molar-refractivity contribution in [2.75, 3.05) is 19.8 Å². The maximum Gasteiger partial charge on any atom is 0.169 e. The first kappa shape index (κ1) is 13.2. The molecule has 16 heavy (non-hydrogen) atoms. The predicted molar refractivity (Wildman–Crippen MR) is 62.0 cm³/mol. The fraction of sp³-hybridized carbons (Fsp3) is 0.727. The molecule has 0 radical (unpaired) electrons. The zero-order valence-electron chi connectivity index (χ0n) is 10.3. The number of hydrogen-bond donors (Lipinski definition) is 1. The number of aromatic nitrogens is 2. The van der Waals surface area contributed by atoms with E-state index in [9.17, 15) is 0 Å². The Morgan fingerprint density at radius 2 is 2.06 bits per heavy atom. The molecule has 0 amide bonds. The largest absolute Gasteiger partial charge is 0.352 e. The highest BCUT2D eigenvalue weighted by molar-refractivity contribution is 4.90. The van der Waals surface area contributed by atoms with E-state index in [-0.39, 0.29) is 6.29 Å². The summed E-state index contributed by atoms with van der Waals surface area (Å²) in [5.41, 5.74) is 0. The van der Waals surface area contributed by atoms with Crippen LogP contribution in [0.25, 0.3) is 0 Å². The fourth-order valence-electron chi connectivity index (χ4n) is 1.41. The van der Waals surface area contributed by atoms with Crippen molar-refractivity contribution < 1.29 is 9.47 Å². The van der Waals surface area contributed by atoms with Crippen LogP contribution in [0.2, 0.25) is 0 Å². The van der Waals surface area contributed by atoms with Gasteiger partial charge in [0.25, 0.3) is 0 Å². The lowest BCUT2D eigenvalue weighted by atomic mass is 10.5. The van der Waals surface area contributed by atoms with Gasteiger partial charge < -0.3 is 19.4 Å². The molecule has 1 heterocycles. The quantitative estimate of drug-likeness (QED) is 0.671. The van der Waals surface area contributed by atoms with Crippen molar-refractivity contribution in [3.63, 3.8) is 0 Å². The van der Waals surface area contributed by atoms with Crippen molar-refractivity contribution >= 4 is 0 Å². The molecule has 5 heteroatoms. The lowest BCUT2D eigenvalue weighted by molar-refractivity contribution is -0.133. The fourth-order valence-corrected chi connectivity index (χ4v) is 1.41. The first-order chi connectivity index (χ1) is 7.77. The molecule has 0 saturated carbocycles. The van der Waals surface area contributed by atoms with Crippen molar-refractivity contribution in [3.8, 4) is 0 Å². The number of rotatable bonds is 8. The van der Waals surface area contributed by atoms with Crippen LogP contribution in [0, 0.1) is 0 Å². The Bertz CT molecular complexity index is 283. The summed E-state index contributed by atoms with van der Waals surface area (Å²) in [5.74, 6) is 1.01. The van der Waals surface area contributed by atoms with E-state index in [0.717, 1.165) is 12.4 Å². The third-order valence-electron chi connectivity index (χ3n) is 2.22. The Labute approximate surface area is 96.8 Å². The molecular weight excluding hydrogens is 206 g/mol.